The van der Waals surface area contributed by atoms with E-state index in [1.54, 1.807) is 43.6 Å². The number of pyridine rings is 1. The first-order valence-corrected chi connectivity index (χ1v) is 8.37. The van der Waals surface area contributed by atoms with Gasteiger partial charge in [0.05, 0.1) is 12.8 Å². The molecule has 0 aliphatic heterocycles. The quantitative estimate of drug-likeness (QED) is 0.662. The van der Waals surface area contributed by atoms with Gasteiger partial charge < -0.3 is 15.4 Å². The zero-order valence-corrected chi connectivity index (χ0v) is 15.2. The molecule has 0 atom stereocenters. The van der Waals surface area contributed by atoms with Gasteiger partial charge in [0.25, 0.3) is 5.91 Å². The zero-order valence-electron chi connectivity index (χ0n) is 14.4. The van der Waals surface area contributed by atoms with Gasteiger partial charge in [-0.25, -0.2) is 4.98 Å². The van der Waals surface area contributed by atoms with E-state index in [9.17, 15) is 4.79 Å². The smallest absolute Gasteiger partial charge is 0.255 e. The maximum atomic E-state index is 12.5. The minimum atomic E-state index is -0.211. The zero-order chi connectivity index (χ0) is 18.5. The van der Waals surface area contributed by atoms with Gasteiger partial charge in [-0.1, -0.05) is 29.3 Å². The van der Waals surface area contributed by atoms with Gasteiger partial charge in [-0.2, -0.15) is 0 Å². The van der Waals surface area contributed by atoms with Crippen molar-refractivity contribution in [2.24, 2.45) is 0 Å². The summed E-state index contributed by atoms with van der Waals surface area (Å²) in [5.41, 5.74) is 3.03. The number of halogens is 1. The Hall–Kier alpha value is -3.05. The minimum Gasteiger partial charge on any atom is -0.495 e. The number of nitrogens with one attached hydrogen (secondary N) is 2. The summed E-state index contributed by atoms with van der Waals surface area (Å²) in [5, 5.41) is 6.57. The van der Waals surface area contributed by atoms with Crippen LogP contribution in [0.2, 0.25) is 5.02 Å². The maximum absolute atomic E-state index is 12.5. The van der Waals surface area contributed by atoms with Crippen LogP contribution < -0.4 is 15.4 Å². The fourth-order valence-electron chi connectivity index (χ4n) is 2.40. The summed E-state index contributed by atoms with van der Waals surface area (Å²) in [5.74, 6) is 0.935. The molecule has 26 heavy (non-hydrogen) atoms. The second-order valence-corrected chi connectivity index (χ2v) is 6.16. The molecule has 2 aromatic carbocycles. The highest BCUT2D eigenvalue weighted by Crippen LogP contribution is 2.30. The molecule has 3 aromatic rings. The van der Waals surface area contributed by atoms with E-state index in [0.29, 0.717) is 27.8 Å². The van der Waals surface area contributed by atoms with Gasteiger partial charge in [0.15, 0.2) is 0 Å². The van der Waals surface area contributed by atoms with Gasteiger partial charge in [-0.05, 0) is 49.4 Å². The number of nitrogens with zero attached hydrogens (tertiary/aromatic N) is 1. The molecule has 3 rings (SSSR count). The molecule has 1 aromatic heterocycles. The molecule has 0 aliphatic carbocycles. The standard InChI is InChI=1S/C20H18ClN3O2/c1-13-3-6-16(7-4-13)23-20(25)14-9-10-22-19(11-14)24-17-12-15(21)5-8-18(17)26-2/h3-12H,1-2H3,(H,22,24)(H,23,25). The van der Waals surface area contributed by atoms with E-state index in [0.717, 1.165) is 11.3 Å². The van der Waals surface area contributed by atoms with Gasteiger partial charge in [-0.3, -0.25) is 4.79 Å². The molecule has 0 saturated heterocycles. The Labute approximate surface area is 157 Å². The van der Waals surface area contributed by atoms with E-state index < -0.39 is 0 Å². The van der Waals surface area contributed by atoms with Crippen molar-refractivity contribution < 1.29 is 9.53 Å². The van der Waals surface area contributed by atoms with Gasteiger partial charge in [0.2, 0.25) is 0 Å². The van der Waals surface area contributed by atoms with E-state index in [1.165, 1.54) is 0 Å². The Morgan fingerprint density at radius 2 is 1.85 bits per heavy atom. The lowest BCUT2D eigenvalue weighted by atomic mass is 10.2. The third-order valence-corrected chi connectivity index (χ3v) is 3.99. The fourth-order valence-corrected chi connectivity index (χ4v) is 2.57. The molecule has 2 N–H and O–H groups in total. The van der Waals surface area contributed by atoms with Crippen LogP contribution in [0, 0.1) is 6.92 Å². The number of benzene rings is 2. The fraction of sp³-hybridized carbons (Fsp3) is 0.100. The van der Waals surface area contributed by atoms with Crippen LogP contribution in [0.25, 0.3) is 0 Å². The number of hydrogen-bond acceptors (Lipinski definition) is 4. The molecule has 0 saturated carbocycles. The van der Waals surface area contributed by atoms with Crippen LogP contribution in [0.5, 0.6) is 5.75 Å². The molecule has 0 unspecified atom stereocenters. The van der Waals surface area contributed by atoms with Crippen LogP contribution in [0.3, 0.4) is 0 Å². The van der Waals surface area contributed by atoms with Crippen LogP contribution in [0.4, 0.5) is 17.2 Å². The lowest BCUT2D eigenvalue weighted by Crippen LogP contribution is -2.12. The molecule has 132 valence electrons. The Kier molecular flexibility index (Phi) is 5.39. The van der Waals surface area contributed by atoms with E-state index in [-0.39, 0.29) is 5.91 Å². The summed E-state index contributed by atoms with van der Waals surface area (Å²) in [4.78, 5) is 16.7. The molecular formula is C20H18ClN3O2. The number of hydrogen-bond donors (Lipinski definition) is 2. The van der Waals surface area contributed by atoms with Crippen molar-refractivity contribution >= 4 is 34.7 Å². The number of aryl methyl sites for hydroxylation is 1. The highest BCUT2D eigenvalue weighted by Gasteiger charge is 2.10. The van der Waals surface area contributed by atoms with Gasteiger partial charge >= 0.3 is 0 Å². The summed E-state index contributed by atoms with van der Waals surface area (Å²) < 4.78 is 5.31. The molecule has 0 bridgehead atoms. The topological polar surface area (TPSA) is 63.2 Å². The van der Waals surface area contributed by atoms with E-state index in [1.807, 2.05) is 31.2 Å². The van der Waals surface area contributed by atoms with Crippen LogP contribution in [-0.2, 0) is 0 Å². The highest BCUT2D eigenvalue weighted by atomic mass is 35.5. The number of amides is 1. The number of anilines is 3. The Morgan fingerprint density at radius 3 is 2.58 bits per heavy atom. The van der Waals surface area contributed by atoms with Gasteiger partial charge in [-0.15, -0.1) is 0 Å². The average molecular weight is 368 g/mol. The van der Waals surface area contributed by atoms with Crippen molar-refractivity contribution in [3.05, 3.63) is 76.9 Å². The first-order chi connectivity index (χ1) is 12.5. The van der Waals surface area contributed by atoms with Crippen LogP contribution in [-0.4, -0.2) is 18.0 Å². The second-order valence-electron chi connectivity index (χ2n) is 5.72. The minimum absolute atomic E-state index is 0.211. The molecule has 0 spiro atoms. The van der Waals surface area contributed by atoms with Crippen molar-refractivity contribution in [3.8, 4) is 5.75 Å². The first kappa shape index (κ1) is 17.8. The Bertz CT molecular complexity index is 927. The van der Waals surface area contributed by atoms with Crippen LogP contribution in [0.15, 0.2) is 60.8 Å². The molecule has 0 aliphatic rings. The van der Waals surface area contributed by atoms with Crippen LogP contribution in [0.1, 0.15) is 15.9 Å². The lowest BCUT2D eigenvalue weighted by molar-refractivity contribution is 0.102. The molecule has 0 fully saturated rings. The number of aromatic nitrogens is 1. The number of ether oxygens (including phenoxy) is 1. The summed E-state index contributed by atoms with van der Waals surface area (Å²) in [6.07, 6.45) is 1.57. The molecule has 1 heterocycles. The van der Waals surface area contributed by atoms with Crippen molar-refractivity contribution in [3.63, 3.8) is 0 Å². The Morgan fingerprint density at radius 1 is 1.08 bits per heavy atom. The second kappa shape index (κ2) is 7.89. The number of carbonyl (C=O) groups is 1. The average Bonchev–Trinajstić information content (AvgIpc) is 2.64. The van der Waals surface area contributed by atoms with Crippen LogP contribution >= 0.6 is 11.6 Å². The molecule has 6 heteroatoms. The summed E-state index contributed by atoms with van der Waals surface area (Å²) in [6, 6.07) is 16.2. The van der Waals surface area contributed by atoms with E-state index in [2.05, 4.69) is 15.6 Å². The summed E-state index contributed by atoms with van der Waals surface area (Å²) in [7, 11) is 1.58. The third kappa shape index (κ3) is 4.32. The Balaban J connectivity index is 1.79. The monoisotopic (exact) mass is 367 g/mol. The molecule has 5 nitrogen and oxygen atoms in total. The van der Waals surface area contributed by atoms with Gasteiger partial charge in [0, 0.05) is 22.5 Å². The predicted octanol–water partition coefficient (Wildman–Crippen LogP) is 5.05. The number of methoxy groups -OCH3 is 1. The highest BCUT2D eigenvalue weighted by molar-refractivity contribution is 6.31. The third-order valence-electron chi connectivity index (χ3n) is 3.76. The van der Waals surface area contributed by atoms with E-state index in [4.69, 9.17) is 16.3 Å². The lowest BCUT2D eigenvalue weighted by Gasteiger charge is -2.12. The SMILES string of the molecule is COc1ccc(Cl)cc1Nc1cc(C(=O)Nc2ccc(C)cc2)ccn1. The van der Waals surface area contributed by atoms with Crippen molar-refractivity contribution in [1.29, 1.82) is 0 Å². The van der Waals surface area contributed by atoms with Crippen molar-refractivity contribution in [2.75, 3.05) is 17.7 Å². The maximum Gasteiger partial charge on any atom is 0.255 e. The first-order valence-electron chi connectivity index (χ1n) is 8.00. The van der Waals surface area contributed by atoms with E-state index >= 15 is 0 Å². The molecule has 1 amide bonds. The number of rotatable bonds is 5. The normalized spacial score (nSPS) is 10.3. The van der Waals surface area contributed by atoms with Gasteiger partial charge in [0.1, 0.15) is 11.6 Å². The van der Waals surface area contributed by atoms with Crippen molar-refractivity contribution in [1.82, 2.24) is 4.98 Å². The van der Waals surface area contributed by atoms with Crippen molar-refractivity contribution in [2.45, 2.75) is 6.92 Å². The largest absolute Gasteiger partial charge is 0.495 e. The predicted molar refractivity (Wildman–Crippen MR) is 105 cm³/mol. The number of carbonyl (C=O) groups excluding carboxylic acids is 1. The summed E-state index contributed by atoms with van der Waals surface area (Å²) in [6.45, 7) is 2.00. The summed E-state index contributed by atoms with van der Waals surface area (Å²) >= 11 is 6.04. The molecule has 0 radical (unpaired) electrons. The molecular weight excluding hydrogens is 350 g/mol.